The summed E-state index contributed by atoms with van der Waals surface area (Å²) >= 11 is 0. The molecule has 122 valence electrons. The van der Waals surface area contributed by atoms with Crippen LogP contribution in [0.4, 0.5) is 4.39 Å². The molecule has 1 aromatic carbocycles. The van der Waals surface area contributed by atoms with Crippen LogP contribution in [-0.2, 0) is 6.42 Å². The number of imide groups is 1. The summed E-state index contributed by atoms with van der Waals surface area (Å²) in [6, 6.07) is 11.7. The number of aromatic nitrogens is 1. The van der Waals surface area contributed by atoms with Crippen molar-refractivity contribution in [1.82, 2.24) is 9.88 Å². The normalized spacial score (nSPS) is 23.0. The molecule has 1 aliphatic heterocycles. The number of carbonyl (C=O) groups excluding carboxylic acids is 2. The highest BCUT2D eigenvalue weighted by Crippen LogP contribution is 2.35. The molecule has 2 atom stereocenters. The Labute approximate surface area is 139 Å². The van der Waals surface area contributed by atoms with E-state index >= 15 is 0 Å². The van der Waals surface area contributed by atoms with Gasteiger partial charge < -0.3 is 0 Å². The first-order chi connectivity index (χ1) is 11.6. The number of rotatable bonds is 3. The average molecular weight is 324 g/mol. The molecule has 0 radical (unpaired) electrons. The van der Waals surface area contributed by atoms with Gasteiger partial charge in [-0.3, -0.25) is 14.5 Å². The second kappa shape index (κ2) is 5.82. The zero-order chi connectivity index (χ0) is 16.7. The fourth-order valence-corrected chi connectivity index (χ4v) is 3.87. The van der Waals surface area contributed by atoms with Crippen LogP contribution in [0.1, 0.15) is 45.7 Å². The summed E-state index contributed by atoms with van der Waals surface area (Å²) in [4.78, 5) is 30.4. The Morgan fingerprint density at radius 1 is 1.00 bits per heavy atom. The zero-order valence-electron chi connectivity index (χ0n) is 13.1. The Balaban J connectivity index is 1.48. The van der Waals surface area contributed by atoms with Gasteiger partial charge in [-0.2, -0.15) is 4.39 Å². The van der Waals surface area contributed by atoms with Crippen LogP contribution in [0.2, 0.25) is 0 Å². The Hall–Kier alpha value is -2.56. The topological polar surface area (TPSA) is 50.3 Å². The monoisotopic (exact) mass is 324 g/mol. The number of amides is 2. The quantitative estimate of drug-likeness (QED) is 0.643. The summed E-state index contributed by atoms with van der Waals surface area (Å²) in [5.41, 5.74) is 1.72. The third-order valence-corrected chi connectivity index (χ3v) is 4.97. The molecule has 4 nitrogen and oxygen atoms in total. The molecule has 24 heavy (non-hydrogen) atoms. The van der Waals surface area contributed by atoms with Crippen LogP contribution in [0, 0.1) is 11.9 Å². The fourth-order valence-electron chi connectivity index (χ4n) is 3.87. The van der Waals surface area contributed by atoms with E-state index in [0.717, 1.165) is 25.0 Å². The third kappa shape index (κ3) is 2.50. The molecule has 2 unspecified atom stereocenters. The molecule has 2 amide bonds. The van der Waals surface area contributed by atoms with Crippen molar-refractivity contribution in [2.45, 2.75) is 31.7 Å². The van der Waals surface area contributed by atoms with Crippen LogP contribution in [0.15, 0.2) is 42.5 Å². The van der Waals surface area contributed by atoms with Crippen LogP contribution < -0.4 is 0 Å². The van der Waals surface area contributed by atoms with Gasteiger partial charge in [-0.05, 0) is 55.9 Å². The van der Waals surface area contributed by atoms with Crippen molar-refractivity contribution in [1.29, 1.82) is 0 Å². The molecule has 1 saturated carbocycles. The first kappa shape index (κ1) is 15.0. The first-order valence-electron chi connectivity index (χ1n) is 8.22. The lowest BCUT2D eigenvalue weighted by Gasteiger charge is -2.22. The largest absolute Gasteiger partial charge is 0.271 e. The minimum atomic E-state index is -0.470. The Morgan fingerprint density at radius 3 is 2.38 bits per heavy atom. The molecule has 2 aliphatic rings. The molecule has 0 N–H and O–H groups in total. The average Bonchev–Trinajstić information content (AvgIpc) is 3.11. The number of carbonyl (C=O) groups is 2. The number of hydrogen-bond acceptors (Lipinski definition) is 3. The molecule has 1 aromatic heterocycles. The summed E-state index contributed by atoms with van der Waals surface area (Å²) in [6.07, 6.45) is 3.14. The third-order valence-electron chi connectivity index (χ3n) is 4.97. The van der Waals surface area contributed by atoms with E-state index < -0.39 is 5.95 Å². The van der Waals surface area contributed by atoms with Gasteiger partial charge in [0.15, 0.2) is 0 Å². The molecular formula is C19H17FN2O2. The van der Waals surface area contributed by atoms with Crippen molar-refractivity contribution < 1.29 is 14.0 Å². The van der Waals surface area contributed by atoms with Crippen molar-refractivity contribution in [3.63, 3.8) is 0 Å². The van der Waals surface area contributed by atoms with E-state index in [1.165, 1.54) is 11.0 Å². The lowest BCUT2D eigenvalue weighted by Crippen LogP contribution is -2.38. The van der Waals surface area contributed by atoms with Gasteiger partial charge in [0.25, 0.3) is 11.8 Å². The van der Waals surface area contributed by atoms with Crippen LogP contribution in [0.3, 0.4) is 0 Å². The van der Waals surface area contributed by atoms with Gasteiger partial charge in [-0.1, -0.05) is 18.2 Å². The van der Waals surface area contributed by atoms with Gasteiger partial charge in [0.05, 0.1) is 11.1 Å². The number of nitrogens with zero attached hydrogens (tertiary/aromatic N) is 2. The molecular weight excluding hydrogens is 307 g/mol. The van der Waals surface area contributed by atoms with Crippen molar-refractivity contribution in [2.24, 2.45) is 5.92 Å². The maximum absolute atomic E-state index is 13.2. The molecule has 0 saturated heterocycles. The van der Waals surface area contributed by atoms with Crippen molar-refractivity contribution in [3.8, 4) is 0 Å². The highest BCUT2D eigenvalue weighted by Gasteiger charge is 2.42. The van der Waals surface area contributed by atoms with E-state index in [4.69, 9.17) is 0 Å². The molecule has 0 bridgehead atoms. The van der Waals surface area contributed by atoms with Crippen molar-refractivity contribution >= 4 is 11.8 Å². The second-order valence-electron chi connectivity index (χ2n) is 6.51. The smallest absolute Gasteiger partial charge is 0.261 e. The molecule has 5 heteroatoms. The minimum Gasteiger partial charge on any atom is -0.271 e. The van der Waals surface area contributed by atoms with Crippen LogP contribution in [-0.4, -0.2) is 27.7 Å². The number of pyridine rings is 1. The summed E-state index contributed by atoms with van der Waals surface area (Å²) in [7, 11) is 0. The van der Waals surface area contributed by atoms with Crippen LogP contribution in [0.5, 0.6) is 0 Å². The Morgan fingerprint density at radius 2 is 1.71 bits per heavy atom. The minimum absolute atomic E-state index is 0.0732. The first-order valence-corrected chi connectivity index (χ1v) is 8.22. The van der Waals surface area contributed by atoms with Gasteiger partial charge in [0.1, 0.15) is 0 Å². The number of halogens is 1. The Bertz CT molecular complexity index is 786. The van der Waals surface area contributed by atoms with E-state index in [0.29, 0.717) is 23.5 Å². The highest BCUT2D eigenvalue weighted by molar-refractivity contribution is 6.21. The SMILES string of the molecule is O=C1c2ccccc2C(=O)N1C1CCC(Cc2cccc(F)n2)C1. The lowest BCUT2D eigenvalue weighted by molar-refractivity contribution is 0.0585. The van der Waals surface area contributed by atoms with Gasteiger partial charge in [0, 0.05) is 11.7 Å². The number of hydrogen-bond donors (Lipinski definition) is 0. The Kier molecular flexibility index (Phi) is 3.63. The molecule has 1 aliphatic carbocycles. The lowest BCUT2D eigenvalue weighted by atomic mass is 10.0. The molecule has 4 rings (SSSR count). The van der Waals surface area contributed by atoms with Crippen LogP contribution in [0.25, 0.3) is 0 Å². The van der Waals surface area contributed by atoms with Gasteiger partial charge >= 0.3 is 0 Å². The maximum atomic E-state index is 13.2. The summed E-state index contributed by atoms with van der Waals surface area (Å²) in [5.74, 6) is -0.536. The summed E-state index contributed by atoms with van der Waals surface area (Å²) < 4.78 is 13.2. The van der Waals surface area contributed by atoms with E-state index in [9.17, 15) is 14.0 Å². The predicted octanol–water partition coefficient (Wildman–Crippen LogP) is 3.23. The number of fused-ring (bicyclic) bond motifs is 1. The van der Waals surface area contributed by atoms with Crippen molar-refractivity contribution in [2.75, 3.05) is 0 Å². The highest BCUT2D eigenvalue weighted by atomic mass is 19.1. The molecule has 2 heterocycles. The molecule has 0 spiro atoms. The van der Waals surface area contributed by atoms with E-state index in [-0.39, 0.29) is 17.9 Å². The molecule has 1 fully saturated rings. The fraction of sp³-hybridized carbons (Fsp3) is 0.316. The van der Waals surface area contributed by atoms with E-state index in [1.807, 2.05) is 6.07 Å². The summed E-state index contributed by atoms with van der Waals surface area (Å²) in [6.45, 7) is 0. The van der Waals surface area contributed by atoms with E-state index in [1.54, 1.807) is 30.3 Å². The summed E-state index contributed by atoms with van der Waals surface area (Å²) in [5, 5.41) is 0. The van der Waals surface area contributed by atoms with Crippen LogP contribution >= 0.6 is 0 Å². The maximum Gasteiger partial charge on any atom is 0.261 e. The van der Waals surface area contributed by atoms with E-state index in [2.05, 4.69) is 4.98 Å². The number of benzene rings is 1. The van der Waals surface area contributed by atoms with Crippen molar-refractivity contribution in [3.05, 3.63) is 65.2 Å². The van der Waals surface area contributed by atoms with Gasteiger partial charge in [0.2, 0.25) is 5.95 Å². The standard InChI is InChI=1S/C19H17FN2O2/c20-17-7-3-4-13(21-17)10-12-8-9-14(11-12)22-18(23)15-5-1-2-6-16(15)19(22)24/h1-7,12,14H,8-11H2. The zero-order valence-corrected chi connectivity index (χ0v) is 13.1. The molecule has 2 aromatic rings. The van der Waals surface area contributed by atoms with Gasteiger partial charge in [-0.15, -0.1) is 0 Å². The predicted molar refractivity (Wildman–Crippen MR) is 86.0 cm³/mol. The van der Waals surface area contributed by atoms with Gasteiger partial charge in [-0.25, -0.2) is 4.98 Å². The second-order valence-corrected chi connectivity index (χ2v) is 6.51.